The molecule has 3 heterocycles. The third-order valence-corrected chi connectivity index (χ3v) is 3.38. The molecule has 0 unspecified atom stereocenters. The van der Waals surface area contributed by atoms with E-state index in [0.29, 0.717) is 0 Å². The van der Waals surface area contributed by atoms with E-state index in [0.717, 1.165) is 24.2 Å². The molecule has 0 fully saturated rings. The Morgan fingerprint density at radius 3 is 2.05 bits per heavy atom. The fourth-order valence-corrected chi connectivity index (χ4v) is 2.19. The maximum absolute atomic E-state index is 4.54. The zero-order chi connectivity index (χ0) is 14.5. The fourth-order valence-electron chi connectivity index (χ4n) is 2.19. The van der Waals surface area contributed by atoms with Crippen LogP contribution in [0.4, 0.5) is 0 Å². The first kappa shape index (κ1) is 13.4. The predicted molar refractivity (Wildman–Crippen MR) is 83.1 cm³/mol. The Balaban J connectivity index is 1.68. The van der Waals surface area contributed by atoms with Gasteiger partial charge in [0, 0.05) is 42.6 Å². The molecule has 104 valence electrons. The van der Waals surface area contributed by atoms with Gasteiger partial charge in [-0.15, -0.1) is 0 Å². The summed E-state index contributed by atoms with van der Waals surface area (Å²) < 4.78 is 0. The Morgan fingerprint density at radius 1 is 0.714 bits per heavy atom. The summed E-state index contributed by atoms with van der Waals surface area (Å²) in [5.74, 6) is 0. The first-order chi connectivity index (χ1) is 10.3. The van der Waals surface area contributed by atoms with Crippen LogP contribution in [-0.4, -0.2) is 15.0 Å². The van der Waals surface area contributed by atoms with E-state index in [4.69, 9.17) is 0 Å². The summed E-state index contributed by atoms with van der Waals surface area (Å²) in [4.78, 5) is 13.0. The molecule has 0 spiro atoms. The van der Waals surface area contributed by atoms with Gasteiger partial charge >= 0.3 is 0 Å². The minimum absolute atomic E-state index is 0.774. The second-order valence-electron chi connectivity index (χ2n) is 5.19. The van der Waals surface area contributed by atoms with E-state index in [1.54, 1.807) is 0 Å². The number of hydrogen-bond acceptors (Lipinski definition) is 3. The molecule has 0 saturated heterocycles. The summed E-state index contributed by atoms with van der Waals surface area (Å²) in [5.41, 5.74) is 5.74. The second-order valence-corrected chi connectivity index (χ2v) is 5.19. The summed E-state index contributed by atoms with van der Waals surface area (Å²) in [6.45, 7) is 2.04. The summed E-state index contributed by atoms with van der Waals surface area (Å²) in [6.07, 6.45) is 9.14. The molecule has 0 atom stereocenters. The van der Waals surface area contributed by atoms with Gasteiger partial charge in [0.05, 0.1) is 0 Å². The zero-order valence-corrected chi connectivity index (χ0v) is 12.0. The highest BCUT2D eigenvalue weighted by atomic mass is 14.7. The Hall–Kier alpha value is -2.55. The number of nitrogens with zero attached hydrogens (tertiary/aromatic N) is 3. The van der Waals surface area contributed by atoms with Crippen LogP contribution in [0.15, 0.2) is 61.2 Å². The highest BCUT2D eigenvalue weighted by Gasteiger charge is 2.01. The van der Waals surface area contributed by atoms with E-state index in [2.05, 4.69) is 39.2 Å². The van der Waals surface area contributed by atoms with Crippen LogP contribution >= 0.6 is 0 Å². The standard InChI is InChI=1S/C18H17N3/c1-14-2-4-17(20-12-14)11-18-5-3-16(13-21-18)10-15-6-8-19-9-7-15/h2-9,12-13H,10-11H2,1H3. The monoisotopic (exact) mass is 275 g/mol. The molecule has 0 aliphatic rings. The van der Waals surface area contributed by atoms with E-state index < -0.39 is 0 Å². The van der Waals surface area contributed by atoms with Gasteiger partial charge in [-0.05, 0) is 54.3 Å². The molecule has 0 aromatic carbocycles. The average molecular weight is 275 g/mol. The van der Waals surface area contributed by atoms with Crippen LogP contribution in [0.3, 0.4) is 0 Å². The van der Waals surface area contributed by atoms with Crippen molar-refractivity contribution in [2.75, 3.05) is 0 Å². The number of aromatic nitrogens is 3. The van der Waals surface area contributed by atoms with Gasteiger partial charge in [0.2, 0.25) is 0 Å². The predicted octanol–water partition coefficient (Wildman–Crippen LogP) is 3.36. The highest BCUT2D eigenvalue weighted by Crippen LogP contribution is 2.10. The van der Waals surface area contributed by atoms with Crippen LogP contribution in [0.2, 0.25) is 0 Å². The topological polar surface area (TPSA) is 38.7 Å². The zero-order valence-electron chi connectivity index (χ0n) is 12.0. The first-order valence-electron chi connectivity index (χ1n) is 7.04. The van der Waals surface area contributed by atoms with Crippen LogP contribution < -0.4 is 0 Å². The molecule has 3 heteroatoms. The van der Waals surface area contributed by atoms with E-state index in [-0.39, 0.29) is 0 Å². The molecule has 0 aliphatic heterocycles. The first-order valence-corrected chi connectivity index (χ1v) is 7.04. The van der Waals surface area contributed by atoms with Crippen molar-refractivity contribution in [3.63, 3.8) is 0 Å². The van der Waals surface area contributed by atoms with E-state index in [9.17, 15) is 0 Å². The Morgan fingerprint density at radius 2 is 1.43 bits per heavy atom. The summed E-state index contributed by atoms with van der Waals surface area (Å²) >= 11 is 0. The van der Waals surface area contributed by atoms with Gasteiger partial charge in [-0.2, -0.15) is 0 Å². The van der Waals surface area contributed by atoms with Crippen molar-refractivity contribution < 1.29 is 0 Å². The smallest absolute Gasteiger partial charge is 0.0463 e. The Kier molecular flexibility index (Phi) is 4.01. The van der Waals surface area contributed by atoms with Gasteiger partial charge in [-0.1, -0.05) is 12.1 Å². The molecule has 3 nitrogen and oxygen atoms in total. The Labute approximate surface area is 124 Å². The van der Waals surface area contributed by atoms with Gasteiger partial charge in [0.15, 0.2) is 0 Å². The molecule has 3 aromatic rings. The van der Waals surface area contributed by atoms with Gasteiger partial charge in [0.25, 0.3) is 0 Å². The summed E-state index contributed by atoms with van der Waals surface area (Å²) in [5, 5.41) is 0. The van der Waals surface area contributed by atoms with Crippen molar-refractivity contribution in [2.24, 2.45) is 0 Å². The van der Waals surface area contributed by atoms with Crippen molar-refractivity contribution in [2.45, 2.75) is 19.8 Å². The minimum Gasteiger partial charge on any atom is -0.265 e. The molecule has 0 N–H and O–H groups in total. The van der Waals surface area contributed by atoms with Crippen molar-refractivity contribution in [1.29, 1.82) is 0 Å². The van der Waals surface area contributed by atoms with Crippen LogP contribution in [0, 0.1) is 6.92 Å². The molecule has 0 aliphatic carbocycles. The lowest BCUT2D eigenvalue weighted by Crippen LogP contribution is -1.97. The molecule has 0 amide bonds. The SMILES string of the molecule is Cc1ccc(Cc2ccc(Cc3ccncc3)cn2)nc1. The average Bonchev–Trinajstić information content (AvgIpc) is 2.53. The van der Waals surface area contributed by atoms with Crippen LogP contribution in [-0.2, 0) is 12.8 Å². The van der Waals surface area contributed by atoms with Crippen molar-refractivity contribution in [1.82, 2.24) is 15.0 Å². The molecular formula is C18H17N3. The van der Waals surface area contributed by atoms with Crippen LogP contribution in [0.1, 0.15) is 28.1 Å². The molecule has 0 bridgehead atoms. The van der Waals surface area contributed by atoms with Crippen molar-refractivity contribution in [3.8, 4) is 0 Å². The molecule has 0 saturated carbocycles. The lowest BCUT2D eigenvalue weighted by molar-refractivity contribution is 0.992. The highest BCUT2D eigenvalue weighted by molar-refractivity contribution is 5.25. The van der Waals surface area contributed by atoms with Crippen molar-refractivity contribution in [3.05, 3.63) is 89.3 Å². The number of rotatable bonds is 4. The van der Waals surface area contributed by atoms with Gasteiger partial charge in [-0.25, -0.2) is 0 Å². The second kappa shape index (κ2) is 6.27. The van der Waals surface area contributed by atoms with E-state index in [1.807, 2.05) is 43.8 Å². The van der Waals surface area contributed by atoms with Gasteiger partial charge in [0.1, 0.15) is 0 Å². The van der Waals surface area contributed by atoms with Crippen LogP contribution in [0.25, 0.3) is 0 Å². The molecule has 3 rings (SSSR count). The third-order valence-electron chi connectivity index (χ3n) is 3.38. The van der Waals surface area contributed by atoms with Gasteiger partial charge in [-0.3, -0.25) is 15.0 Å². The largest absolute Gasteiger partial charge is 0.265 e. The maximum atomic E-state index is 4.54. The number of pyridine rings is 3. The quantitative estimate of drug-likeness (QED) is 0.733. The Bertz CT molecular complexity index is 689. The summed E-state index contributed by atoms with van der Waals surface area (Å²) in [7, 11) is 0. The van der Waals surface area contributed by atoms with Crippen LogP contribution in [0.5, 0.6) is 0 Å². The van der Waals surface area contributed by atoms with Gasteiger partial charge < -0.3 is 0 Å². The van der Waals surface area contributed by atoms with E-state index in [1.165, 1.54) is 16.7 Å². The third kappa shape index (κ3) is 3.72. The lowest BCUT2D eigenvalue weighted by Gasteiger charge is -2.04. The minimum atomic E-state index is 0.774. The van der Waals surface area contributed by atoms with E-state index >= 15 is 0 Å². The normalized spacial score (nSPS) is 10.5. The fraction of sp³-hybridized carbons (Fsp3) is 0.167. The molecular weight excluding hydrogens is 258 g/mol. The maximum Gasteiger partial charge on any atom is 0.0463 e. The summed E-state index contributed by atoms with van der Waals surface area (Å²) in [6, 6.07) is 12.4. The molecule has 3 aromatic heterocycles. The lowest BCUT2D eigenvalue weighted by atomic mass is 10.1. The van der Waals surface area contributed by atoms with Crippen molar-refractivity contribution >= 4 is 0 Å². The number of hydrogen-bond donors (Lipinski definition) is 0. The molecule has 0 radical (unpaired) electrons. The number of aryl methyl sites for hydroxylation is 1. The molecule has 21 heavy (non-hydrogen) atoms.